The van der Waals surface area contributed by atoms with Crippen molar-refractivity contribution in [2.75, 3.05) is 32.1 Å². The number of halogens is 6. The SMILES string of the molecule is CN(C(=O)N(C)C1CCNCC1c1ccccc1)c1cc(C(F)(F)F)cc(C(F)(F)F)c1. The molecule has 1 N–H and O–H groups in total. The molecule has 1 saturated heterocycles. The summed E-state index contributed by atoms with van der Waals surface area (Å²) >= 11 is 0. The number of hydrogen-bond donors (Lipinski definition) is 1. The molecule has 0 aliphatic carbocycles. The molecule has 1 fully saturated rings. The minimum absolute atomic E-state index is 0.0454. The van der Waals surface area contributed by atoms with Gasteiger partial charge in [-0.15, -0.1) is 0 Å². The maximum Gasteiger partial charge on any atom is 0.416 e. The minimum atomic E-state index is -4.99. The summed E-state index contributed by atoms with van der Waals surface area (Å²) in [6, 6.07) is 9.65. The van der Waals surface area contributed by atoms with Gasteiger partial charge in [-0.1, -0.05) is 30.3 Å². The van der Waals surface area contributed by atoms with Gasteiger partial charge in [0.2, 0.25) is 0 Å². The van der Waals surface area contributed by atoms with E-state index in [-0.39, 0.29) is 18.0 Å². The molecule has 0 spiro atoms. The van der Waals surface area contributed by atoms with Crippen molar-refractivity contribution in [1.82, 2.24) is 10.2 Å². The van der Waals surface area contributed by atoms with Gasteiger partial charge in [0.15, 0.2) is 0 Å². The molecule has 4 nitrogen and oxygen atoms in total. The third-order valence-electron chi connectivity index (χ3n) is 5.72. The number of hydrogen-bond acceptors (Lipinski definition) is 2. The van der Waals surface area contributed by atoms with Crippen LogP contribution < -0.4 is 10.2 Å². The van der Waals surface area contributed by atoms with Gasteiger partial charge < -0.3 is 10.2 Å². The summed E-state index contributed by atoms with van der Waals surface area (Å²) in [5, 5.41) is 3.26. The number of rotatable bonds is 3. The van der Waals surface area contributed by atoms with Crippen molar-refractivity contribution in [2.24, 2.45) is 0 Å². The summed E-state index contributed by atoms with van der Waals surface area (Å²) in [5.41, 5.74) is -2.41. The molecule has 0 bridgehead atoms. The van der Waals surface area contributed by atoms with Crippen molar-refractivity contribution in [3.63, 3.8) is 0 Å². The van der Waals surface area contributed by atoms with E-state index >= 15 is 0 Å². The van der Waals surface area contributed by atoms with Crippen molar-refractivity contribution in [3.8, 4) is 0 Å². The zero-order valence-corrected chi connectivity index (χ0v) is 17.5. The summed E-state index contributed by atoms with van der Waals surface area (Å²) in [6.07, 6.45) is -9.38. The third kappa shape index (κ3) is 5.17. The average Bonchev–Trinajstić information content (AvgIpc) is 2.76. The Hall–Kier alpha value is -2.75. The van der Waals surface area contributed by atoms with Gasteiger partial charge in [-0.05, 0) is 36.7 Å². The van der Waals surface area contributed by atoms with Crippen molar-refractivity contribution < 1.29 is 31.1 Å². The van der Waals surface area contributed by atoms with Gasteiger partial charge >= 0.3 is 18.4 Å². The minimum Gasteiger partial charge on any atom is -0.324 e. The highest BCUT2D eigenvalue weighted by Gasteiger charge is 2.38. The molecule has 2 amide bonds. The smallest absolute Gasteiger partial charge is 0.324 e. The second-order valence-electron chi connectivity index (χ2n) is 7.79. The van der Waals surface area contributed by atoms with E-state index < -0.39 is 35.2 Å². The van der Waals surface area contributed by atoms with E-state index in [1.807, 2.05) is 30.3 Å². The van der Waals surface area contributed by atoms with Crippen molar-refractivity contribution in [2.45, 2.75) is 30.7 Å². The van der Waals surface area contributed by atoms with Crippen LogP contribution in [0.4, 0.5) is 36.8 Å². The zero-order valence-electron chi connectivity index (χ0n) is 17.5. The average molecular weight is 459 g/mol. The fourth-order valence-electron chi connectivity index (χ4n) is 3.97. The highest BCUT2D eigenvalue weighted by atomic mass is 19.4. The molecular formula is C22H23F6N3O. The zero-order chi connectivity index (χ0) is 23.7. The molecule has 2 unspecified atom stereocenters. The van der Waals surface area contributed by atoms with Crippen molar-refractivity contribution in [3.05, 3.63) is 65.2 Å². The fraction of sp³-hybridized carbons (Fsp3) is 0.409. The monoisotopic (exact) mass is 459 g/mol. The van der Waals surface area contributed by atoms with Gasteiger partial charge in [-0.3, -0.25) is 4.90 Å². The molecule has 1 aliphatic heterocycles. The summed E-state index contributed by atoms with van der Waals surface area (Å²) in [6.45, 7) is 1.23. The molecule has 0 radical (unpaired) electrons. The van der Waals surface area contributed by atoms with E-state index in [0.29, 0.717) is 31.6 Å². The van der Waals surface area contributed by atoms with Crippen LogP contribution >= 0.6 is 0 Å². The largest absolute Gasteiger partial charge is 0.416 e. The van der Waals surface area contributed by atoms with Crippen LogP contribution in [0.1, 0.15) is 29.0 Å². The topological polar surface area (TPSA) is 35.6 Å². The Balaban J connectivity index is 1.91. The Labute approximate surface area is 181 Å². The number of carbonyl (C=O) groups is 1. The number of nitrogens with zero attached hydrogens (tertiary/aromatic N) is 2. The van der Waals surface area contributed by atoms with Gasteiger partial charge in [0.25, 0.3) is 0 Å². The van der Waals surface area contributed by atoms with Crippen LogP contribution in [0.2, 0.25) is 0 Å². The lowest BCUT2D eigenvalue weighted by Crippen LogP contribution is -2.52. The summed E-state index contributed by atoms with van der Waals surface area (Å²) in [7, 11) is 2.69. The Morgan fingerprint density at radius 2 is 1.50 bits per heavy atom. The highest BCUT2D eigenvalue weighted by Crippen LogP contribution is 2.38. The maximum absolute atomic E-state index is 13.2. The van der Waals surface area contributed by atoms with E-state index in [1.165, 1.54) is 19.0 Å². The standard InChI is InChI=1S/C22H23F6N3O/c1-30(17-11-15(21(23,24)25)10-16(12-17)22(26,27)28)20(32)31(2)19-8-9-29-13-18(19)14-6-4-3-5-7-14/h3-7,10-12,18-19,29H,8-9,13H2,1-2H3. The first-order chi connectivity index (χ1) is 14.9. The van der Waals surface area contributed by atoms with E-state index in [0.717, 1.165) is 10.5 Å². The normalized spacial score (nSPS) is 19.5. The second-order valence-corrected chi connectivity index (χ2v) is 7.79. The number of piperidine rings is 1. The Morgan fingerprint density at radius 3 is 2.03 bits per heavy atom. The lowest BCUT2D eigenvalue weighted by Gasteiger charge is -2.40. The third-order valence-corrected chi connectivity index (χ3v) is 5.72. The lowest BCUT2D eigenvalue weighted by atomic mass is 9.86. The van der Waals surface area contributed by atoms with Crippen LogP contribution in [0.3, 0.4) is 0 Å². The summed E-state index contributed by atoms with van der Waals surface area (Å²) in [4.78, 5) is 15.3. The molecule has 2 atom stereocenters. The molecule has 10 heteroatoms. The molecule has 2 aromatic rings. The number of alkyl halides is 6. The van der Waals surface area contributed by atoms with E-state index in [4.69, 9.17) is 0 Å². The van der Waals surface area contributed by atoms with Crippen molar-refractivity contribution in [1.29, 1.82) is 0 Å². The lowest BCUT2D eigenvalue weighted by molar-refractivity contribution is -0.143. The number of likely N-dealkylation sites (N-methyl/N-ethyl adjacent to an activating group) is 1. The molecule has 3 rings (SSSR count). The Bertz CT molecular complexity index is 913. The number of urea groups is 1. The molecule has 174 valence electrons. The Morgan fingerprint density at radius 1 is 0.938 bits per heavy atom. The number of benzene rings is 2. The van der Waals surface area contributed by atoms with Crippen LogP contribution in [0.5, 0.6) is 0 Å². The van der Waals surface area contributed by atoms with Crippen LogP contribution in [-0.2, 0) is 12.4 Å². The van der Waals surface area contributed by atoms with Gasteiger partial charge in [-0.2, -0.15) is 26.3 Å². The van der Waals surface area contributed by atoms with E-state index in [1.54, 1.807) is 0 Å². The molecule has 0 aromatic heterocycles. The van der Waals surface area contributed by atoms with Crippen molar-refractivity contribution >= 4 is 11.7 Å². The van der Waals surface area contributed by atoms with Gasteiger partial charge in [-0.25, -0.2) is 4.79 Å². The van der Waals surface area contributed by atoms with E-state index in [9.17, 15) is 31.1 Å². The van der Waals surface area contributed by atoms with Gasteiger partial charge in [0.1, 0.15) is 0 Å². The van der Waals surface area contributed by atoms with Gasteiger partial charge in [0.05, 0.1) is 11.1 Å². The molecule has 0 saturated carbocycles. The van der Waals surface area contributed by atoms with Crippen LogP contribution in [0.25, 0.3) is 0 Å². The molecule has 1 heterocycles. The molecule has 32 heavy (non-hydrogen) atoms. The first-order valence-corrected chi connectivity index (χ1v) is 9.95. The predicted molar refractivity (Wildman–Crippen MR) is 108 cm³/mol. The number of carbonyl (C=O) groups excluding carboxylic acids is 1. The maximum atomic E-state index is 13.2. The first-order valence-electron chi connectivity index (χ1n) is 9.95. The van der Waals surface area contributed by atoms with Crippen LogP contribution in [-0.4, -0.2) is 44.2 Å². The highest BCUT2D eigenvalue weighted by molar-refractivity contribution is 5.91. The fourth-order valence-corrected chi connectivity index (χ4v) is 3.97. The molecular weight excluding hydrogens is 436 g/mol. The first kappa shape index (κ1) is 23.9. The van der Waals surface area contributed by atoms with E-state index in [2.05, 4.69) is 5.32 Å². The van der Waals surface area contributed by atoms with Gasteiger partial charge in [0, 0.05) is 38.3 Å². The van der Waals surface area contributed by atoms with Crippen LogP contribution in [0, 0.1) is 0 Å². The van der Waals surface area contributed by atoms with Crippen LogP contribution in [0.15, 0.2) is 48.5 Å². The molecule has 1 aliphatic rings. The number of anilines is 1. The summed E-state index contributed by atoms with van der Waals surface area (Å²) < 4.78 is 79.2. The summed E-state index contributed by atoms with van der Waals surface area (Å²) in [5.74, 6) is -0.0699. The quantitative estimate of drug-likeness (QED) is 0.628. The number of amides is 2. The predicted octanol–water partition coefficient (Wildman–Crippen LogP) is 5.36. The molecule has 2 aromatic carbocycles. The Kier molecular flexibility index (Phi) is 6.73. The number of nitrogens with one attached hydrogen (secondary N) is 1. The second kappa shape index (κ2) is 9.01.